The number of aromatic nitrogens is 1. The van der Waals surface area contributed by atoms with E-state index >= 15 is 0 Å². The highest BCUT2D eigenvalue weighted by molar-refractivity contribution is 7.07. The maximum Gasteiger partial charge on any atom is 0.338 e. The van der Waals surface area contributed by atoms with Crippen molar-refractivity contribution in [3.8, 4) is 11.5 Å². The zero-order chi connectivity index (χ0) is 29.8. The number of hydrogen-bond acceptors (Lipinski definition) is 7. The van der Waals surface area contributed by atoms with Crippen molar-refractivity contribution in [2.24, 2.45) is 4.99 Å². The van der Waals surface area contributed by atoms with Gasteiger partial charge in [0.1, 0.15) is 6.61 Å². The van der Waals surface area contributed by atoms with E-state index in [0.717, 1.165) is 16.7 Å². The molecule has 0 amide bonds. The lowest BCUT2D eigenvalue weighted by atomic mass is 9.93. The van der Waals surface area contributed by atoms with Crippen LogP contribution in [0.15, 0.2) is 93.9 Å². The second-order valence-corrected chi connectivity index (χ2v) is 11.3. The first-order valence-corrected chi connectivity index (χ1v) is 14.8. The Morgan fingerprint density at radius 1 is 1.05 bits per heavy atom. The highest BCUT2D eigenvalue weighted by atomic mass is 32.1. The van der Waals surface area contributed by atoms with E-state index in [4.69, 9.17) is 14.2 Å². The van der Waals surface area contributed by atoms with E-state index in [1.807, 2.05) is 78.9 Å². The second-order valence-electron chi connectivity index (χ2n) is 10.3. The van der Waals surface area contributed by atoms with E-state index in [9.17, 15) is 9.59 Å². The maximum absolute atomic E-state index is 13.9. The predicted molar refractivity (Wildman–Crippen MR) is 165 cm³/mol. The summed E-state index contributed by atoms with van der Waals surface area (Å²) < 4.78 is 19.1. The van der Waals surface area contributed by atoms with Crippen LogP contribution in [0.1, 0.15) is 61.9 Å². The zero-order valence-electron chi connectivity index (χ0n) is 24.4. The summed E-state index contributed by atoms with van der Waals surface area (Å²) in [5.74, 6) is 1.06. The number of thiazole rings is 1. The lowest BCUT2D eigenvalue weighted by Crippen LogP contribution is -2.39. The monoisotopic (exact) mass is 582 g/mol. The average molecular weight is 583 g/mol. The van der Waals surface area contributed by atoms with Gasteiger partial charge in [-0.15, -0.1) is 0 Å². The van der Waals surface area contributed by atoms with E-state index in [2.05, 4.69) is 18.8 Å². The molecule has 5 rings (SSSR count). The summed E-state index contributed by atoms with van der Waals surface area (Å²) in [5, 5.41) is 0. The summed E-state index contributed by atoms with van der Waals surface area (Å²) in [5.41, 5.74) is 4.52. The van der Waals surface area contributed by atoms with Gasteiger partial charge in [0.25, 0.3) is 5.56 Å². The molecule has 0 radical (unpaired) electrons. The van der Waals surface area contributed by atoms with Crippen molar-refractivity contribution >= 4 is 23.4 Å². The van der Waals surface area contributed by atoms with E-state index in [1.54, 1.807) is 25.5 Å². The molecule has 0 fully saturated rings. The number of allylic oxidation sites excluding steroid dienone is 1. The number of esters is 1. The molecule has 3 aromatic carbocycles. The molecular formula is C34H34N2O5S. The van der Waals surface area contributed by atoms with Crippen molar-refractivity contribution in [3.05, 3.63) is 126 Å². The quantitative estimate of drug-likeness (QED) is 0.243. The third-order valence-corrected chi connectivity index (χ3v) is 8.14. The zero-order valence-corrected chi connectivity index (χ0v) is 25.2. The van der Waals surface area contributed by atoms with Crippen molar-refractivity contribution in [1.82, 2.24) is 4.57 Å². The third-order valence-electron chi connectivity index (χ3n) is 7.16. The summed E-state index contributed by atoms with van der Waals surface area (Å²) in [6.45, 7) is 8.45. The van der Waals surface area contributed by atoms with E-state index in [1.165, 1.54) is 16.9 Å². The number of ether oxygens (including phenoxy) is 3. The van der Waals surface area contributed by atoms with Gasteiger partial charge in [-0.05, 0) is 60.2 Å². The molecular weight excluding hydrogens is 548 g/mol. The Hall–Kier alpha value is -4.43. The number of hydrogen-bond donors (Lipinski definition) is 0. The van der Waals surface area contributed by atoms with Gasteiger partial charge in [0, 0.05) is 0 Å². The van der Waals surface area contributed by atoms with Crippen molar-refractivity contribution < 1.29 is 19.0 Å². The molecule has 4 aromatic rings. The Balaban J connectivity index is 1.55. The van der Waals surface area contributed by atoms with Crippen LogP contribution in [0, 0.1) is 0 Å². The standard InChI is InChI=1S/C34H34N2O5S/c1-6-40-33(38)30-22(4)35-34-36(31(30)26-15-13-25(14-16-26)21(2)3)32(37)29(42-34)19-24-12-17-27(28(18-24)39-5)41-20-23-10-8-7-9-11-23/h7-19,21,31H,6,20H2,1-5H3. The molecule has 2 heterocycles. The molecule has 1 aliphatic rings. The second kappa shape index (κ2) is 12.6. The topological polar surface area (TPSA) is 79.1 Å². The number of methoxy groups -OCH3 is 1. The molecule has 1 aliphatic heterocycles. The Kier molecular flexibility index (Phi) is 8.73. The molecule has 0 aliphatic carbocycles. The van der Waals surface area contributed by atoms with Crippen LogP contribution in [-0.4, -0.2) is 24.3 Å². The van der Waals surface area contributed by atoms with Crippen LogP contribution in [0.5, 0.6) is 11.5 Å². The largest absolute Gasteiger partial charge is 0.493 e. The minimum absolute atomic E-state index is 0.227. The van der Waals surface area contributed by atoms with Crippen molar-refractivity contribution in [3.63, 3.8) is 0 Å². The lowest BCUT2D eigenvalue weighted by Gasteiger charge is -2.25. The number of fused-ring (bicyclic) bond motifs is 1. The average Bonchev–Trinajstić information content (AvgIpc) is 3.30. The molecule has 7 nitrogen and oxygen atoms in total. The molecule has 1 aromatic heterocycles. The normalized spacial score (nSPS) is 14.9. The van der Waals surface area contributed by atoms with Gasteiger partial charge >= 0.3 is 5.97 Å². The third kappa shape index (κ3) is 5.94. The van der Waals surface area contributed by atoms with Gasteiger partial charge in [-0.25, -0.2) is 9.79 Å². The molecule has 42 heavy (non-hydrogen) atoms. The van der Waals surface area contributed by atoms with Crippen LogP contribution in [-0.2, 0) is 16.1 Å². The first kappa shape index (κ1) is 29.1. The van der Waals surface area contributed by atoms with Crippen LogP contribution >= 0.6 is 11.3 Å². The number of carbonyl (C=O) groups excluding carboxylic acids is 1. The van der Waals surface area contributed by atoms with Gasteiger partial charge < -0.3 is 14.2 Å². The molecule has 0 saturated heterocycles. The fourth-order valence-corrected chi connectivity index (χ4v) is 6.00. The smallest absolute Gasteiger partial charge is 0.338 e. The van der Waals surface area contributed by atoms with Gasteiger partial charge in [0.05, 0.1) is 35.6 Å². The molecule has 216 valence electrons. The first-order valence-electron chi connectivity index (χ1n) is 13.9. The van der Waals surface area contributed by atoms with Crippen LogP contribution in [0.3, 0.4) is 0 Å². The highest BCUT2D eigenvalue weighted by Gasteiger charge is 2.33. The Bertz CT molecular complexity index is 1800. The van der Waals surface area contributed by atoms with E-state index in [0.29, 0.717) is 44.6 Å². The summed E-state index contributed by atoms with van der Waals surface area (Å²) in [6, 6.07) is 22.9. The maximum atomic E-state index is 13.9. The van der Waals surface area contributed by atoms with Crippen LogP contribution < -0.4 is 24.4 Å². The Morgan fingerprint density at radius 3 is 2.45 bits per heavy atom. The van der Waals surface area contributed by atoms with Crippen molar-refractivity contribution in [1.29, 1.82) is 0 Å². The molecule has 0 bridgehead atoms. The van der Waals surface area contributed by atoms with Gasteiger partial charge in [-0.3, -0.25) is 9.36 Å². The van der Waals surface area contributed by atoms with Crippen molar-refractivity contribution in [2.45, 2.75) is 46.3 Å². The Labute approximate surface area is 249 Å². The van der Waals surface area contributed by atoms with E-state index in [-0.39, 0.29) is 12.2 Å². The fraction of sp³-hybridized carbons (Fsp3) is 0.265. The number of benzene rings is 3. The minimum Gasteiger partial charge on any atom is -0.493 e. The van der Waals surface area contributed by atoms with E-state index < -0.39 is 12.0 Å². The fourth-order valence-electron chi connectivity index (χ4n) is 4.95. The predicted octanol–water partition coefficient (Wildman–Crippen LogP) is 5.51. The van der Waals surface area contributed by atoms with Gasteiger partial charge in [-0.2, -0.15) is 0 Å². The molecule has 1 atom stereocenters. The van der Waals surface area contributed by atoms with Crippen LogP contribution in [0.25, 0.3) is 6.08 Å². The first-order chi connectivity index (χ1) is 20.3. The summed E-state index contributed by atoms with van der Waals surface area (Å²) in [7, 11) is 1.59. The van der Waals surface area contributed by atoms with Gasteiger partial charge in [-0.1, -0.05) is 85.8 Å². The molecule has 0 N–H and O–H groups in total. The van der Waals surface area contributed by atoms with Crippen molar-refractivity contribution in [2.75, 3.05) is 13.7 Å². The minimum atomic E-state index is -0.646. The number of nitrogens with zero attached hydrogens (tertiary/aromatic N) is 2. The molecule has 8 heteroatoms. The summed E-state index contributed by atoms with van der Waals surface area (Å²) >= 11 is 1.29. The molecule has 1 unspecified atom stereocenters. The van der Waals surface area contributed by atoms with Crippen LogP contribution in [0.4, 0.5) is 0 Å². The van der Waals surface area contributed by atoms with Gasteiger partial charge in [0.15, 0.2) is 16.3 Å². The Morgan fingerprint density at radius 2 is 1.79 bits per heavy atom. The van der Waals surface area contributed by atoms with Gasteiger partial charge in [0.2, 0.25) is 0 Å². The number of carbonyl (C=O) groups is 1. The molecule has 0 saturated carbocycles. The van der Waals surface area contributed by atoms with Crippen LogP contribution in [0.2, 0.25) is 0 Å². The lowest BCUT2D eigenvalue weighted by molar-refractivity contribution is -0.139. The number of rotatable bonds is 9. The SMILES string of the molecule is CCOC(=O)C1=C(C)N=c2sc(=Cc3ccc(OCc4ccccc4)c(OC)c3)c(=O)n2C1c1ccc(C(C)C)cc1. The summed E-state index contributed by atoms with van der Waals surface area (Å²) in [6.07, 6.45) is 1.82. The summed E-state index contributed by atoms with van der Waals surface area (Å²) in [4.78, 5) is 32.3. The highest BCUT2D eigenvalue weighted by Crippen LogP contribution is 2.32. The molecule has 0 spiro atoms.